The van der Waals surface area contributed by atoms with Gasteiger partial charge in [0.1, 0.15) is 5.75 Å². The van der Waals surface area contributed by atoms with Gasteiger partial charge in [-0.25, -0.2) is 0 Å². The number of benzene rings is 2. The molecule has 23 heavy (non-hydrogen) atoms. The second kappa shape index (κ2) is 8.95. The summed E-state index contributed by atoms with van der Waals surface area (Å²) in [6.07, 6.45) is 0.828. The zero-order valence-corrected chi connectivity index (χ0v) is 14.0. The number of carbonyl (C=O) groups excluding carboxylic acids is 2. The van der Waals surface area contributed by atoms with Crippen LogP contribution in [0.4, 0.5) is 0 Å². The molecule has 0 heterocycles. The predicted octanol–water partition coefficient (Wildman–Crippen LogP) is 3.07. The van der Waals surface area contributed by atoms with Crippen LogP contribution in [0.3, 0.4) is 0 Å². The molecule has 2 N–H and O–H groups in total. The van der Waals surface area contributed by atoms with E-state index in [-0.39, 0.29) is 18.2 Å². The van der Waals surface area contributed by atoms with Crippen molar-refractivity contribution in [1.82, 2.24) is 10.9 Å². The van der Waals surface area contributed by atoms with Gasteiger partial charge < -0.3 is 4.74 Å². The van der Waals surface area contributed by atoms with E-state index in [4.69, 9.17) is 4.74 Å². The van der Waals surface area contributed by atoms with Crippen LogP contribution in [0.2, 0.25) is 0 Å². The molecule has 0 aliphatic rings. The molecule has 0 saturated carbocycles. The second-order valence-electron chi connectivity index (χ2n) is 4.77. The lowest BCUT2D eigenvalue weighted by Crippen LogP contribution is -2.41. The van der Waals surface area contributed by atoms with E-state index < -0.39 is 0 Å². The minimum Gasteiger partial charge on any atom is -0.494 e. The lowest BCUT2D eigenvalue weighted by molar-refractivity contribution is -0.122. The van der Waals surface area contributed by atoms with Crippen molar-refractivity contribution in [3.63, 3.8) is 0 Å². The summed E-state index contributed by atoms with van der Waals surface area (Å²) in [5.41, 5.74) is 5.26. The normalized spacial score (nSPS) is 9.96. The number of ether oxygens (including phenoxy) is 1. The van der Waals surface area contributed by atoms with Crippen molar-refractivity contribution in [2.24, 2.45) is 0 Å². The molecule has 0 radical (unpaired) electrons. The Balaban J connectivity index is 1.62. The van der Waals surface area contributed by atoms with Gasteiger partial charge in [0.2, 0.25) is 5.91 Å². The highest BCUT2D eigenvalue weighted by Crippen LogP contribution is 2.16. The van der Waals surface area contributed by atoms with Crippen LogP contribution in [0.25, 0.3) is 0 Å². The smallest absolute Gasteiger partial charge is 0.269 e. The van der Waals surface area contributed by atoms with Crippen molar-refractivity contribution < 1.29 is 14.3 Å². The standard InChI is InChI=1S/C17H17BrN2O3/c18-14-8-10-15(11-9-14)23-12-4-7-16(21)19-20-17(22)13-5-2-1-3-6-13/h1-3,5-6,8-11H,4,7,12H2,(H,19,21)(H,20,22). The van der Waals surface area contributed by atoms with Gasteiger partial charge in [0.25, 0.3) is 5.91 Å². The molecule has 0 spiro atoms. The van der Waals surface area contributed by atoms with Crippen molar-refractivity contribution in [2.45, 2.75) is 12.8 Å². The molecule has 120 valence electrons. The average Bonchev–Trinajstić information content (AvgIpc) is 2.59. The molecule has 0 fully saturated rings. The van der Waals surface area contributed by atoms with Gasteiger partial charge in [-0.3, -0.25) is 20.4 Å². The highest BCUT2D eigenvalue weighted by Gasteiger charge is 2.06. The quantitative estimate of drug-likeness (QED) is 0.601. The zero-order chi connectivity index (χ0) is 16.5. The lowest BCUT2D eigenvalue weighted by atomic mass is 10.2. The molecule has 0 aliphatic carbocycles. The van der Waals surface area contributed by atoms with Crippen LogP contribution in [0.5, 0.6) is 5.75 Å². The molecule has 6 heteroatoms. The van der Waals surface area contributed by atoms with Gasteiger partial charge in [-0.2, -0.15) is 0 Å². The summed E-state index contributed by atoms with van der Waals surface area (Å²) >= 11 is 3.35. The number of rotatable bonds is 6. The highest BCUT2D eigenvalue weighted by atomic mass is 79.9. The molecule has 2 rings (SSSR count). The first kappa shape index (κ1) is 17.0. The number of hydrogen-bond acceptors (Lipinski definition) is 3. The van der Waals surface area contributed by atoms with E-state index in [0.29, 0.717) is 18.6 Å². The fourth-order valence-electron chi connectivity index (χ4n) is 1.80. The summed E-state index contributed by atoms with van der Waals surface area (Å²) in [5, 5.41) is 0. The molecular formula is C17H17BrN2O3. The maximum absolute atomic E-state index is 11.7. The number of nitrogens with one attached hydrogen (secondary N) is 2. The van der Waals surface area contributed by atoms with Gasteiger partial charge in [-0.1, -0.05) is 34.1 Å². The van der Waals surface area contributed by atoms with E-state index in [9.17, 15) is 9.59 Å². The maximum atomic E-state index is 11.7. The molecule has 0 atom stereocenters. The van der Waals surface area contributed by atoms with Crippen molar-refractivity contribution in [3.8, 4) is 5.75 Å². The molecule has 0 unspecified atom stereocenters. The van der Waals surface area contributed by atoms with E-state index >= 15 is 0 Å². The van der Waals surface area contributed by atoms with Gasteiger partial charge in [-0.15, -0.1) is 0 Å². The van der Waals surface area contributed by atoms with E-state index in [1.807, 2.05) is 30.3 Å². The van der Waals surface area contributed by atoms with Crippen molar-refractivity contribution in [2.75, 3.05) is 6.61 Å². The zero-order valence-electron chi connectivity index (χ0n) is 12.4. The maximum Gasteiger partial charge on any atom is 0.269 e. The van der Waals surface area contributed by atoms with Crippen molar-refractivity contribution in [3.05, 3.63) is 64.6 Å². The molecule has 2 aromatic rings. The Kier molecular flexibility index (Phi) is 6.62. The highest BCUT2D eigenvalue weighted by molar-refractivity contribution is 9.10. The predicted molar refractivity (Wildman–Crippen MR) is 90.9 cm³/mol. The molecule has 2 amide bonds. The number of carbonyl (C=O) groups is 2. The van der Waals surface area contributed by atoms with E-state index in [1.165, 1.54) is 0 Å². The van der Waals surface area contributed by atoms with Crippen LogP contribution < -0.4 is 15.6 Å². The van der Waals surface area contributed by atoms with Crippen LogP contribution in [-0.4, -0.2) is 18.4 Å². The van der Waals surface area contributed by atoms with Gasteiger partial charge in [0.15, 0.2) is 0 Å². The Morgan fingerprint density at radius 3 is 2.35 bits per heavy atom. The lowest BCUT2D eigenvalue weighted by Gasteiger charge is -2.08. The third kappa shape index (κ3) is 6.12. The molecule has 0 saturated heterocycles. The van der Waals surface area contributed by atoms with Crippen LogP contribution in [-0.2, 0) is 4.79 Å². The minimum absolute atomic E-state index is 0.256. The van der Waals surface area contributed by atoms with Gasteiger partial charge in [0.05, 0.1) is 6.61 Å². The Morgan fingerprint density at radius 1 is 0.957 bits per heavy atom. The molecule has 0 aromatic heterocycles. The second-order valence-corrected chi connectivity index (χ2v) is 5.69. The molecular weight excluding hydrogens is 360 g/mol. The average molecular weight is 377 g/mol. The molecule has 2 aromatic carbocycles. The van der Waals surface area contributed by atoms with E-state index in [1.54, 1.807) is 24.3 Å². The van der Waals surface area contributed by atoms with Gasteiger partial charge in [0, 0.05) is 16.5 Å². The van der Waals surface area contributed by atoms with Gasteiger partial charge >= 0.3 is 0 Å². The molecule has 0 aliphatic heterocycles. The van der Waals surface area contributed by atoms with Crippen LogP contribution in [0, 0.1) is 0 Å². The summed E-state index contributed by atoms with van der Waals surface area (Å²) in [4.78, 5) is 23.4. The molecule has 0 bridgehead atoms. The topological polar surface area (TPSA) is 67.4 Å². The summed E-state index contributed by atoms with van der Waals surface area (Å²) in [6.45, 7) is 0.432. The fourth-order valence-corrected chi connectivity index (χ4v) is 2.07. The third-order valence-electron chi connectivity index (χ3n) is 2.98. The van der Waals surface area contributed by atoms with E-state index in [2.05, 4.69) is 26.8 Å². The van der Waals surface area contributed by atoms with Crippen molar-refractivity contribution >= 4 is 27.7 Å². The Hall–Kier alpha value is -2.34. The largest absolute Gasteiger partial charge is 0.494 e. The van der Waals surface area contributed by atoms with E-state index in [0.717, 1.165) is 10.2 Å². The fraction of sp³-hybridized carbons (Fsp3) is 0.176. The monoisotopic (exact) mass is 376 g/mol. The summed E-state index contributed by atoms with van der Waals surface area (Å²) in [7, 11) is 0. The summed E-state index contributed by atoms with van der Waals surface area (Å²) in [5.74, 6) is 0.157. The first-order valence-corrected chi connectivity index (χ1v) is 7.97. The van der Waals surface area contributed by atoms with Crippen LogP contribution in [0.1, 0.15) is 23.2 Å². The first-order valence-electron chi connectivity index (χ1n) is 7.18. The van der Waals surface area contributed by atoms with Crippen LogP contribution >= 0.6 is 15.9 Å². The Morgan fingerprint density at radius 2 is 1.65 bits per heavy atom. The molecule has 5 nitrogen and oxygen atoms in total. The Bertz CT molecular complexity index is 645. The summed E-state index contributed by atoms with van der Waals surface area (Å²) < 4.78 is 6.50. The van der Waals surface area contributed by atoms with Gasteiger partial charge in [-0.05, 0) is 42.8 Å². The SMILES string of the molecule is O=C(CCCOc1ccc(Br)cc1)NNC(=O)c1ccccc1. The summed E-state index contributed by atoms with van der Waals surface area (Å²) in [6, 6.07) is 16.2. The number of hydrazine groups is 1. The third-order valence-corrected chi connectivity index (χ3v) is 3.51. The minimum atomic E-state index is -0.343. The number of amides is 2. The first-order chi connectivity index (χ1) is 11.1. The number of halogens is 1. The number of hydrogen-bond donors (Lipinski definition) is 2. The van der Waals surface area contributed by atoms with Crippen LogP contribution in [0.15, 0.2) is 59.1 Å². The van der Waals surface area contributed by atoms with Crippen molar-refractivity contribution in [1.29, 1.82) is 0 Å². The Labute approximate surface area is 143 Å².